The second kappa shape index (κ2) is 7.96. The average Bonchev–Trinajstić information content (AvgIpc) is 2.15. The lowest BCUT2D eigenvalue weighted by molar-refractivity contribution is 0.375. The van der Waals surface area contributed by atoms with E-state index in [0.717, 1.165) is 0 Å². The summed E-state index contributed by atoms with van der Waals surface area (Å²) in [7, 11) is 0. The molecule has 0 aromatic heterocycles. The van der Waals surface area contributed by atoms with Crippen molar-refractivity contribution in [1.82, 2.24) is 0 Å². The Labute approximate surface area is 97.2 Å². The molecule has 0 nitrogen and oxygen atoms in total. The fourth-order valence-corrected chi connectivity index (χ4v) is 1.62. The van der Waals surface area contributed by atoms with Crippen LogP contribution in [0, 0.1) is 5.41 Å². The minimum atomic E-state index is 0.484. The van der Waals surface area contributed by atoms with E-state index >= 15 is 0 Å². The molecule has 0 radical (unpaired) electrons. The monoisotopic (exact) mass is 210 g/mol. The van der Waals surface area contributed by atoms with Gasteiger partial charge in [-0.25, -0.2) is 0 Å². The zero-order chi connectivity index (χ0) is 11.7. The zero-order valence-electron chi connectivity index (χ0n) is 11.5. The predicted molar refractivity (Wildman–Crippen MR) is 71.2 cm³/mol. The van der Waals surface area contributed by atoms with Gasteiger partial charge in [-0.3, -0.25) is 0 Å². The minimum Gasteiger partial charge on any atom is -0.0853 e. The molecule has 0 N–H and O–H groups in total. The molecule has 0 rings (SSSR count). The molecule has 0 aliphatic heterocycles. The first-order chi connectivity index (χ1) is 6.99. The Bertz CT molecular complexity index is 169. The second-order valence-corrected chi connectivity index (χ2v) is 5.82. The first-order valence-corrected chi connectivity index (χ1v) is 6.67. The summed E-state index contributed by atoms with van der Waals surface area (Å²) in [4.78, 5) is 0. The molecule has 0 bridgehead atoms. The fourth-order valence-electron chi connectivity index (χ4n) is 1.62. The highest BCUT2D eigenvalue weighted by atomic mass is 14.2. The van der Waals surface area contributed by atoms with Crippen LogP contribution in [0.25, 0.3) is 0 Å². The lowest BCUT2D eigenvalue weighted by atomic mass is 9.87. The number of rotatable bonds is 7. The highest BCUT2D eigenvalue weighted by Gasteiger charge is 2.10. The van der Waals surface area contributed by atoms with Crippen molar-refractivity contribution in [3.05, 3.63) is 11.6 Å². The number of hydrogen-bond acceptors (Lipinski definition) is 0. The Kier molecular flexibility index (Phi) is 7.82. The van der Waals surface area contributed by atoms with Gasteiger partial charge in [0, 0.05) is 0 Å². The van der Waals surface area contributed by atoms with Crippen LogP contribution in [0.3, 0.4) is 0 Å². The van der Waals surface area contributed by atoms with Gasteiger partial charge >= 0.3 is 0 Å². The van der Waals surface area contributed by atoms with Crippen LogP contribution in [0.2, 0.25) is 0 Å². The van der Waals surface area contributed by atoms with Gasteiger partial charge in [0.2, 0.25) is 0 Å². The molecular formula is C15H30. The molecule has 90 valence electrons. The van der Waals surface area contributed by atoms with Gasteiger partial charge in [-0.15, -0.1) is 0 Å². The maximum atomic E-state index is 2.49. The quantitative estimate of drug-likeness (QED) is 0.471. The third-order valence-electron chi connectivity index (χ3n) is 2.77. The van der Waals surface area contributed by atoms with Crippen LogP contribution < -0.4 is 0 Å². The van der Waals surface area contributed by atoms with Gasteiger partial charge in [0.25, 0.3) is 0 Å². The first-order valence-electron chi connectivity index (χ1n) is 6.67. The normalized spacial score (nSPS) is 13.3. The van der Waals surface area contributed by atoms with Crippen LogP contribution in [0.1, 0.15) is 79.6 Å². The molecule has 0 aliphatic rings. The average molecular weight is 210 g/mol. The molecule has 0 saturated heterocycles. The van der Waals surface area contributed by atoms with E-state index in [1.165, 1.54) is 44.9 Å². The van der Waals surface area contributed by atoms with Crippen molar-refractivity contribution < 1.29 is 0 Å². The lowest BCUT2D eigenvalue weighted by Crippen LogP contribution is -2.05. The Balaban J connectivity index is 4.01. The summed E-state index contributed by atoms with van der Waals surface area (Å²) in [6, 6.07) is 0. The standard InChI is InChI=1S/C15H30/c1-6-8-10-14(11-9-7-2)12-13-15(3,4)5/h10H,6-9,11-13H2,1-5H3. The highest BCUT2D eigenvalue weighted by molar-refractivity contribution is 5.02. The number of hydrogen-bond donors (Lipinski definition) is 0. The summed E-state index contributed by atoms with van der Waals surface area (Å²) in [6.45, 7) is 11.6. The number of allylic oxidation sites excluding steroid dienone is 2. The van der Waals surface area contributed by atoms with E-state index in [1.807, 2.05) is 0 Å². The molecule has 0 unspecified atom stereocenters. The van der Waals surface area contributed by atoms with Gasteiger partial charge < -0.3 is 0 Å². The van der Waals surface area contributed by atoms with Crippen LogP contribution in [0.15, 0.2) is 11.6 Å². The van der Waals surface area contributed by atoms with E-state index in [4.69, 9.17) is 0 Å². The van der Waals surface area contributed by atoms with E-state index in [0.29, 0.717) is 5.41 Å². The Morgan fingerprint density at radius 1 is 1.00 bits per heavy atom. The second-order valence-electron chi connectivity index (χ2n) is 5.82. The van der Waals surface area contributed by atoms with Gasteiger partial charge in [0.05, 0.1) is 0 Å². The third kappa shape index (κ3) is 10.0. The molecule has 0 heteroatoms. The maximum Gasteiger partial charge on any atom is -0.0315 e. The molecule has 0 saturated carbocycles. The van der Waals surface area contributed by atoms with Crippen molar-refractivity contribution in [1.29, 1.82) is 0 Å². The van der Waals surface area contributed by atoms with Crippen molar-refractivity contribution in [2.75, 3.05) is 0 Å². The van der Waals surface area contributed by atoms with Crippen LogP contribution in [-0.2, 0) is 0 Å². The van der Waals surface area contributed by atoms with Crippen molar-refractivity contribution in [2.24, 2.45) is 5.41 Å². The summed E-state index contributed by atoms with van der Waals surface area (Å²) >= 11 is 0. The largest absolute Gasteiger partial charge is 0.0853 e. The zero-order valence-corrected chi connectivity index (χ0v) is 11.5. The van der Waals surface area contributed by atoms with Crippen LogP contribution in [0.5, 0.6) is 0 Å². The van der Waals surface area contributed by atoms with Crippen LogP contribution in [0.4, 0.5) is 0 Å². The molecule has 0 spiro atoms. The van der Waals surface area contributed by atoms with Gasteiger partial charge in [-0.2, -0.15) is 0 Å². The summed E-state index contributed by atoms with van der Waals surface area (Å²) in [5, 5.41) is 0. The van der Waals surface area contributed by atoms with Crippen molar-refractivity contribution >= 4 is 0 Å². The van der Waals surface area contributed by atoms with E-state index in [2.05, 4.69) is 40.7 Å². The molecule has 0 aromatic carbocycles. The fraction of sp³-hybridized carbons (Fsp3) is 0.867. The van der Waals surface area contributed by atoms with Crippen LogP contribution in [-0.4, -0.2) is 0 Å². The topological polar surface area (TPSA) is 0 Å². The minimum absolute atomic E-state index is 0.484. The molecule has 0 aliphatic carbocycles. The summed E-state index contributed by atoms with van der Waals surface area (Å²) in [6.07, 6.45) is 11.7. The van der Waals surface area contributed by atoms with Gasteiger partial charge in [-0.1, -0.05) is 59.1 Å². The van der Waals surface area contributed by atoms with Crippen LogP contribution >= 0.6 is 0 Å². The van der Waals surface area contributed by atoms with Crippen molar-refractivity contribution in [2.45, 2.75) is 79.6 Å². The van der Waals surface area contributed by atoms with Gasteiger partial charge in [0.1, 0.15) is 0 Å². The molecule has 0 amide bonds. The van der Waals surface area contributed by atoms with Crippen molar-refractivity contribution in [3.8, 4) is 0 Å². The maximum absolute atomic E-state index is 2.49. The molecule has 15 heavy (non-hydrogen) atoms. The molecule has 0 heterocycles. The lowest BCUT2D eigenvalue weighted by Gasteiger charge is -2.19. The first kappa shape index (κ1) is 14.7. The Hall–Kier alpha value is -0.260. The van der Waals surface area contributed by atoms with E-state index in [9.17, 15) is 0 Å². The predicted octanol–water partition coefficient (Wildman–Crippen LogP) is 5.73. The van der Waals surface area contributed by atoms with E-state index < -0.39 is 0 Å². The summed E-state index contributed by atoms with van der Waals surface area (Å²) in [5.41, 5.74) is 2.19. The smallest absolute Gasteiger partial charge is 0.0315 e. The van der Waals surface area contributed by atoms with E-state index in [1.54, 1.807) is 5.57 Å². The Morgan fingerprint density at radius 3 is 2.13 bits per heavy atom. The molecule has 0 aromatic rings. The Morgan fingerprint density at radius 2 is 1.67 bits per heavy atom. The highest BCUT2D eigenvalue weighted by Crippen LogP contribution is 2.25. The SMILES string of the molecule is CCCC=C(CCCC)CCC(C)(C)C. The number of unbranched alkanes of at least 4 members (excludes halogenated alkanes) is 2. The summed E-state index contributed by atoms with van der Waals surface area (Å²) in [5.74, 6) is 0. The van der Waals surface area contributed by atoms with Gasteiger partial charge in [0.15, 0.2) is 0 Å². The van der Waals surface area contributed by atoms with E-state index in [-0.39, 0.29) is 0 Å². The summed E-state index contributed by atoms with van der Waals surface area (Å²) < 4.78 is 0. The molecule has 0 atom stereocenters. The molecular weight excluding hydrogens is 180 g/mol. The van der Waals surface area contributed by atoms with Crippen molar-refractivity contribution in [3.63, 3.8) is 0 Å². The molecule has 0 fully saturated rings. The van der Waals surface area contributed by atoms with Gasteiger partial charge in [-0.05, 0) is 37.5 Å². The third-order valence-corrected chi connectivity index (χ3v) is 2.77.